The topological polar surface area (TPSA) is 17.1 Å². The van der Waals surface area contributed by atoms with Crippen LogP contribution in [0.15, 0.2) is 18.2 Å². The Morgan fingerprint density at radius 1 is 1.20 bits per heavy atom. The summed E-state index contributed by atoms with van der Waals surface area (Å²) in [4.78, 5) is 11.6. The van der Waals surface area contributed by atoms with Crippen LogP contribution < -0.4 is 0 Å². The minimum absolute atomic E-state index is 0.152. The molecule has 0 atom stereocenters. The summed E-state index contributed by atoms with van der Waals surface area (Å²) in [6.45, 7) is 0. The zero-order valence-electron chi connectivity index (χ0n) is 8.30. The van der Waals surface area contributed by atoms with Crippen LogP contribution in [0.5, 0.6) is 0 Å². The number of Topliss-reactive ketones (excluding diaryl/α,β-unsaturated/α-hetero) is 1. The second kappa shape index (κ2) is 4.09. The number of halogens is 2. The van der Waals surface area contributed by atoms with E-state index >= 15 is 0 Å². The van der Waals surface area contributed by atoms with Gasteiger partial charge in [0.2, 0.25) is 0 Å². The highest BCUT2D eigenvalue weighted by Crippen LogP contribution is 2.30. The summed E-state index contributed by atoms with van der Waals surface area (Å²) in [6.07, 6.45) is 3.70. The normalized spacial score (nSPS) is 16.1. The molecule has 0 spiro atoms. The summed E-state index contributed by atoms with van der Waals surface area (Å²) in [6, 6.07) is 2.98. The molecular weight excluding hydrogens is 198 g/mol. The van der Waals surface area contributed by atoms with E-state index in [0.717, 1.165) is 37.5 Å². The van der Waals surface area contributed by atoms with Gasteiger partial charge in [0.1, 0.15) is 11.6 Å². The molecule has 0 radical (unpaired) electrons. The first-order valence-corrected chi connectivity index (χ1v) is 5.14. The maximum Gasteiger partial charge on any atom is 0.163 e. The molecule has 1 saturated carbocycles. The molecule has 0 unspecified atom stereocenters. The Kier molecular flexibility index (Phi) is 2.80. The summed E-state index contributed by atoms with van der Waals surface area (Å²) in [5, 5.41) is 0. The van der Waals surface area contributed by atoms with Crippen molar-refractivity contribution in [1.82, 2.24) is 0 Å². The van der Waals surface area contributed by atoms with Crippen LogP contribution in [-0.2, 0) is 0 Å². The molecule has 0 N–H and O–H groups in total. The second-order valence-electron chi connectivity index (χ2n) is 4.08. The lowest BCUT2D eigenvalue weighted by Gasteiger charge is -2.24. The zero-order chi connectivity index (χ0) is 10.8. The molecule has 0 bridgehead atoms. The quantitative estimate of drug-likeness (QED) is 0.699. The molecule has 3 heteroatoms. The molecule has 0 heterocycles. The standard InChI is InChI=1S/C12H12F2O/c13-10-5-9(6-11(14)7-10)12(15)4-8-2-1-3-8/h5-8H,1-4H2. The van der Waals surface area contributed by atoms with Gasteiger partial charge in [-0.05, 0) is 18.1 Å². The molecule has 1 fully saturated rings. The fraction of sp³-hybridized carbons (Fsp3) is 0.417. The monoisotopic (exact) mass is 210 g/mol. The summed E-state index contributed by atoms with van der Waals surface area (Å²) in [5.41, 5.74) is 0.152. The Bertz CT molecular complexity index is 363. The number of hydrogen-bond acceptors (Lipinski definition) is 1. The van der Waals surface area contributed by atoms with E-state index in [9.17, 15) is 13.6 Å². The first-order valence-electron chi connectivity index (χ1n) is 5.14. The van der Waals surface area contributed by atoms with Crippen LogP contribution in [0.4, 0.5) is 8.78 Å². The van der Waals surface area contributed by atoms with Crippen molar-refractivity contribution in [2.75, 3.05) is 0 Å². The van der Waals surface area contributed by atoms with Gasteiger partial charge in [-0.25, -0.2) is 8.78 Å². The van der Waals surface area contributed by atoms with Crippen molar-refractivity contribution in [3.05, 3.63) is 35.4 Å². The van der Waals surface area contributed by atoms with Gasteiger partial charge in [0.05, 0.1) is 0 Å². The lowest BCUT2D eigenvalue weighted by atomic mass is 9.81. The summed E-state index contributed by atoms with van der Waals surface area (Å²) in [5.74, 6) is -1.11. The summed E-state index contributed by atoms with van der Waals surface area (Å²) < 4.78 is 25.7. The molecule has 2 rings (SSSR count). The van der Waals surface area contributed by atoms with Crippen molar-refractivity contribution in [1.29, 1.82) is 0 Å². The smallest absolute Gasteiger partial charge is 0.163 e. The number of hydrogen-bond donors (Lipinski definition) is 0. The highest BCUT2D eigenvalue weighted by atomic mass is 19.1. The molecule has 1 aromatic carbocycles. The van der Waals surface area contributed by atoms with Crippen molar-refractivity contribution in [3.63, 3.8) is 0 Å². The first-order chi connectivity index (χ1) is 7.15. The van der Waals surface area contributed by atoms with Crippen molar-refractivity contribution in [3.8, 4) is 0 Å². The lowest BCUT2D eigenvalue weighted by molar-refractivity contribution is 0.0935. The minimum atomic E-state index is -0.688. The Balaban J connectivity index is 2.10. The second-order valence-corrected chi connectivity index (χ2v) is 4.08. The Morgan fingerprint density at radius 3 is 2.27 bits per heavy atom. The predicted molar refractivity (Wildman–Crippen MR) is 52.6 cm³/mol. The number of carbonyl (C=O) groups excluding carboxylic acids is 1. The van der Waals surface area contributed by atoms with E-state index in [1.54, 1.807) is 0 Å². The van der Waals surface area contributed by atoms with Crippen molar-refractivity contribution in [2.24, 2.45) is 5.92 Å². The van der Waals surface area contributed by atoms with E-state index in [1.807, 2.05) is 0 Å². The average Bonchev–Trinajstić information content (AvgIpc) is 2.09. The van der Waals surface area contributed by atoms with Crippen molar-refractivity contribution in [2.45, 2.75) is 25.7 Å². The van der Waals surface area contributed by atoms with Gasteiger partial charge in [-0.3, -0.25) is 4.79 Å². The van der Waals surface area contributed by atoms with E-state index in [-0.39, 0.29) is 11.3 Å². The van der Waals surface area contributed by atoms with Gasteiger partial charge in [-0.1, -0.05) is 19.3 Å². The van der Waals surface area contributed by atoms with E-state index in [0.29, 0.717) is 12.3 Å². The number of carbonyl (C=O) groups is 1. The molecule has 0 amide bonds. The highest BCUT2D eigenvalue weighted by Gasteiger charge is 2.21. The van der Waals surface area contributed by atoms with Gasteiger partial charge in [0, 0.05) is 18.1 Å². The molecule has 1 aliphatic carbocycles. The zero-order valence-corrected chi connectivity index (χ0v) is 8.30. The number of benzene rings is 1. The van der Waals surface area contributed by atoms with Gasteiger partial charge < -0.3 is 0 Å². The fourth-order valence-corrected chi connectivity index (χ4v) is 1.79. The molecule has 15 heavy (non-hydrogen) atoms. The van der Waals surface area contributed by atoms with Crippen LogP contribution in [0.3, 0.4) is 0 Å². The molecular formula is C12H12F2O. The van der Waals surface area contributed by atoms with E-state index in [4.69, 9.17) is 0 Å². The van der Waals surface area contributed by atoms with Crippen LogP contribution in [-0.4, -0.2) is 5.78 Å². The van der Waals surface area contributed by atoms with Gasteiger partial charge in [-0.2, -0.15) is 0 Å². The fourth-order valence-electron chi connectivity index (χ4n) is 1.79. The SMILES string of the molecule is O=C(CC1CCC1)c1cc(F)cc(F)c1. The molecule has 80 valence electrons. The number of rotatable bonds is 3. The molecule has 1 aromatic rings. The Labute approximate surface area is 87.1 Å². The minimum Gasteiger partial charge on any atom is -0.294 e. The van der Waals surface area contributed by atoms with E-state index < -0.39 is 11.6 Å². The maximum absolute atomic E-state index is 12.8. The van der Waals surface area contributed by atoms with Crippen molar-refractivity contribution >= 4 is 5.78 Å². The van der Waals surface area contributed by atoms with E-state index in [1.165, 1.54) is 0 Å². The molecule has 0 aromatic heterocycles. The third kappa shape index (κ3) is 2.41. The highest BCUT2D eigenvalue weighted by molar-refractivity contribution is 5.96. The van der Waals surface area contributed by atoms with Crippen LogP contribution in [0, 0.1) is 17.6 Å². The lowest BCUT2D eigenvalue weighted by Crippen LogP contribution is -2.16. The molecule has 0 aliphatic heterocycles. The van der Waals surface area contributed by atoms with Gasteiger partial charge >= 0.3 is 0 Å². The average molecular weight is 210 g/mol. The largest absolute Gasteiger partial charge is 0.294 e. The third-order valence-corrected chi connectivity index (χ3v) is 2.88. The maximum atomic E-state index is 12.8. The predicted octanol–water partition coefficient (Wildman–Crippen LogP) is 3.34. The van der Waals surface area contributed by atoms with Crippen molar-refractivity contribution < 1.29 is 13.6 Å². The van der Waals surface area contributed by atoms with Crippen LogP contribution in [0.1, 0.15) is 36.0 Å². The van der Waals surface area contributed by atoms with Crippen LogP contribution in [0.2, 0.25) is 0 Å². The van der Waals surface area contributed by atoms with Gasteiger partial charge in [0.25, 0.3) is 0 Å². The van der Waals surface area contributed by atoms with Gasteiger partial charge in [-0.15, -0.1) is 0 Å². The van der Waals surface area contributed by atoms with E-state index in [2.05, 4.69) is 0 Å². The van der Waals surface area contributed by atoms with Crippen LogP contribution >= 0.6 is 0 Å². The molecule has 0 saturated heterocycles. The first kappa shape index (κ1) is 10.3. The Hall–Kier alpha value is -1.25. The summed E-state index contributed by atoms with van der Waals surface area (Å²) >= 11 is 0. The summed E-state index contributed by atoms with van der Waals surface area (Å²) in [7, 11) is 0. The van der Waals surface area contributed by atoms with Crippen LogP contribution in [0.25, 0.3) is 0 Å². The Morgan fingerprint density at radius 2 is 1.80 bits per heavy atom. The molecule has 1 nitrogen and oxygen atoms in total. The van der Waals surface area contributed by atoms with Gasteiger partial charge in [0.15, 0.2) is 5.78 Å². The third-order valence-electron chi connectivity index (χ3n) is 2.88. The molecule has 1 aliphatic rings. The number of ketones is 1.